The first-order valence-electron chi connectivity index (χ1n) is 8.86. The third-order valence-corrected chi connectivity index (χ3v) is 4.72. The van der Waals surface area contributed by atoms with Crippen LogP contribution in [0.5, 0.6) is 0 Å². The molecule has 3 rings (SSSR count). The van der Waals surface area contributed by atoms with Crippen LogP contribution in [0, 0.1) is 0 Å². The van der Waals surface area contributed by atoms with Gasteiger partial charge in [-0.15, -0.1) is 0 Å². The molecule has 5 nitrogen and oxygen atoms in total. The predicted octanol–water partition coefficient (Wildman–Crippen LogP) is 3.08. The monoisotopic (exact) mass is 342 g/mol. The molecule has 25 heavy (non-hydrogen) atoms. The molecule has 1 fully saturated rings. The number of morpholine rings is 1. The summed E-state index contributed by atoms with van der Waals surface area (Å²) in [4.78, 5) is 14.5. The van der Waals surface area contributed by atoms with Crippen LogP contribution in [0.3, 0.4) is 0 Å². The Morgan fingerprint density at radius 1 is 1.28 bits per heavy atom. The van der Waals surface area contributed by atoms with Crippen LogP contribution in [0.4, 0.5) is 4.79 Å². The highest BCUT2D eigenvalue weighted by atomic mass is 16.5. The first kappa shape index (κ1) is 17.7. The van der Waals surface area contributed by atoms with E-state index in [1.807, 2.05) is 19.1 Å². The van der Waals surface area contributed by atoms with Crippen molar-refractivity contribution in [3.8, 4) is 0 Å². The largest absolute Gasteiger partial charge is 0.393 e. The number of amides is 2. The van der Waals surface area contributed by atoms with Gasteiger partial charge in [-0.1, -0.05) is 36.4 Å². The van der Waals surface area contributed by atoms with Crippen molar-refractivity contribution in [2.24, 2.45) is 0 Å². The predicted molar refractivity (Wildman–Crippen MR) is 98.5 cm³/mol. The number of urea groups is 1. The van der Waals surface area contributed by atoms with E-state index in [4.69, 9.17) is 4.74 Å². The molecule has 0 saturated carbocycles. The fraction of sp³-hybridized carbons (Fsp3) is 0.450. The van der Waals surface area contributed by atoms with E-state index in [0.717, 1.165) is 5.56 Å². The number of carbonyl (C=O) groups is 1. The van der Waals surface area contributed by atoms with Gasteiger partial charge in [0.05, 0.1) is 31.4 Å². The maximum absolute atomic E-state index is 12.7. The van der Waals surface area contributed by atoms with E-state index in [1.165, 1.54) is 10.8 Å². The van der Waals surface area contributed by atoms with E-state index in [1.54, 1.807) is 11.8 Å². The lowest BCUT2D eigenvalue weighted by molar-refractivity contribution is -0.00473. The van der Waals surface area contributed by atoms with Gasteiger partial charge in [0.1, 0.15) is 0 Å². The number of aliphatic hydroxyl groups excluding tert-OH is 1. The molecule has 3 atom stereocenters. The summed E-state index contributed by atoms with van der Waals surface area (Å²) < 4.78 is 5.47. The second-order valence-corrected chi connectivity index (χ2v) is 6.78. The van der Waals surface area contributed by atoms with Crippen molar-refractivity contribution in [2.45, 2.75) is 38.5 Å². The van der Waals surface area contributed by atoms with Crippen LogP contribution in [0.1, 0.15) is 31.9 Å². The highest BCUT2D eigenvalue weighted by Gasteiger charge is 2.29. The minimum absolute atomic E-state index is 0.0856. The average Bonchev–Trinajstić information content (AvgIpc) is 2.61. The van der Waals surface area contributed by atoms with Crippen molar-refractivity contribution >= 4 is 16.8 Å². The van der Waals surface area contributed by atoms with Gasteiger partial charge in [0, 0.05) is 6.54 Å². The minimum atomic E-state index is -0.458. The van der Waals surface area contributed by atoms with E-state index in [-0.39, 0.29) is 18.1 Å². The first-order chi connectivity index (χ1) is 12.0. The summed E-state index contributed by atoms with van der Waals surface area (Å²) in [5, 5.41) is 15.1. The van der Waals surface area contributed by atoms with Gasteiger partial charge in [0.2, 0.25) is 0 Å². The fourth-order valence-electron chi connectivity index (χ4n) is 3.34. The fourth-order valence-corrected chi connectivity index (χ4v) is 3.34. The summed E-state index contributed by atoms with van der Waals surface area (Å²) in [6.45, 7) is 5.29. The van der Waals surface area contributed by atoms with E-state index in [9.17, 15) is 9.90 Å². The van der Waals surface area contributed by atoms with Crippen molar-refractivity contribution < 1.29 is 14.6 Å². The molecule has 0 aliphatic carbocycles. The van der Waals surface area contributed by atoms with Crippen molar-refractivity contribution in [3.63, 3.8) is 0 Å². The van der Waals surface area contributed by atoms with Gasteiger partial charge >= 0.3 is 6.03 Å². The maximum Gasteiger partial charge on any atom is 0.318 e. The highest BCUT2D eigenvalue weighted by molar-refractivity contribution is 5.83. The standard InChI is InChI=1S/C20H26N2O3/c1-14(23)11-19-13-25-10-9-22(19)20(24)21-15(2)17-8-7-16-5-3-4-6-18(16)12-17/h3-8,12,14-15,19,23H,9-11,13H2,1-2H3,(H,21,24)/t14-,15-,19+/m0/s1. The number of rotatable bonds is 4. The lowest BCUT2D eigenvalue weighted by Crippen LogP contribution is -2.53. The Balaban J connectivity index is 1.69. The van der Waals surface area contributed by atoms with Gasteiger partial charge in [-0.05, 0) is 42.7 Å². The first-order valence-corrected chi connectivity index (χ1v) is 8.86. The molecule has 0 bridgehead atoms. The lowest BCUT2D eigenvalue weighted by Gasteiger charge is -2.37. The molecule has 0 radical (unpaired) electrons. The van der Waals surface area contributed by atoms with E-state index >= 15 is 0 Å². The van der Waals surface area contributed by atoms with Crippen molar-refractivity contribution in [3.05, 3.63) is 48.0 Å². The summed E-state index contributed by atoms with van der Waals surface area (Å²) in [6.07, 6.45) is 0.0672. The smallest absolute Gasteiger partial charge is 0.318 e. The second kappa shape index (κ2) is 7.85. The summed E-state index contributed by atoms with van der Waals surface area (Å²) in [5.41, 5.74) is 1.08. The molecule has 1 heterocycles. The van der Waals surface area contributed by atoms with Gasteiger partial charge in [0.25, 0.3) is 0 Å². The van der Waals surface area contributed by atoms with Gasteiger partial charge in [-0.2, -0.15) is 0 Å². The SMILES string of the molecule is C[C@H](O)C[C@@H]1COCCN1C(=O)N[C@@H](C)c1ccc2ccccc2c1. The number of fused-ring (bicyclic) bond motifs is 1. The quantitative estimate of drug-likeness (QED) is 0.897. The Morgan fingerprint density at radius 2 is 2.04 bits per heavy atom. The molecule has 2 aromatic rings. The third-order valence-electron chi connectivity index (χ3n) is 4.72. The summed E-state index contributed by atoms with van der Waals surface area (Å²) in [5.74, 6) is 0. The number of carbonyl (C=O) groups excluding carboxylic acids is 1. The Hall–Kier alpha value is -2.11. The lowest BCUT2D eigenvalue weighted by atomic mass is 10.0. The molecule has 134 valence electrons. The number of benzene rings is 2. The Kier molecular flexibility index (Phi) is 5.56. The highest BCUT2D eigenvalue weighted by Crippen LogP contribution is 2.21. The molecule has 1 aliphatic rings. The summed E-state index contributed by atoms with van der Waals surface area (Å²) in [6, 6.07) is 14.2. The van der Waals surface area contributed by atoms with Crippen LogP contribution in [0.15, 0.2) is 42.5 Å². The van der Waals surface area contributed by atoms with Gasteiger partial charge in [0.15, 0.2) is 0 Å². The molecule has 2 aromatic carbocycles. The molecular weight excluding hydrogens is 316 g/mol. The average molecular weight is 342 g/mol. The Bertz CT molecular complexity index is 732. The molecule has 5 heteroatoms. The van der Waals surface area contributed by atoms with Gasteiger partial charge in [-0.25, -0.2) is 4.79 Å². The van der Waals surface area contributed by atoms with Crippen LogP contribution >= 0.6 is 0 Å². The number of nitrogens with zero attached hydrogens (tertiary/aromatic N) is 1. The van der Waals surface area contributed by atoms with Crippen LogP contribution in [-0.4, -0.2) is 47.9 Å². The van der Waals surface area contributed by atoms with Crippen LogP contribution in [-0.2, 0) is 4.74 Å². The number of aliphatic hydroxyl groups is 1. The molecule has 2 amide bonds. The van der Waals surface area contributed by atoms with Crippen LogP contribution < -0.4 is 5.32 Å². The molecule has 0 spiro atoms. The molecular formula is C20H26N2O3. The van der Waals surface area contributed by atoms with E-state index in [2.05, 4.69) is 35.6 Å². The zero-order valence-electron chi connectivity index (χ0n) is 14.8. The molecule has 0 aromatic heterocycles. The van der Waals surface area contributed by atoms with E-state index in [0.29, 0.717) is 26.2 Å². The number of hydrogen-bond acceptors (Lipinski definition) is 3. The Labute approximate surface area is 148 Å². The minimum Gasteiger partial charge on any atom is -0.393 e. The molecule has 1 saturated heterocycles. The zero-order valence-corrected chi connectivity index (χ0v) is 14.8. The topological polar surface area (TPSA) is 61.8 Å². The number of hydrogen-bond donors (Lipinski definition) is 2. The number of ether oxygens (including phenoxy) is 1. The Morgan fingerprint density at radius 3 is 2.80 bits per heavy atom. The van der Waals surface area contributed by atoms with Crippen molar-refractivity contribution in [2.75, 3.05) is 19.8 Å². The van der Waals surface area contributed by atoms with Crippen LogP contribution in [0.2, 0.25) is 0 Å². The summed E-state index contributed by atoms with van der Waals surface area (Å²) >= 11 is 0. The van der Waals surface area contributed by atoms with Crippen molar-refractivity contribution in [1.29, 1.82) is 0 Å². The number of nitrogens with one attached hydrogen (secondary N) is 1. The van der Waals surface area contributed by atoms with Gasteiger partial charge in [-0.3, -0.25) is 0 Å². The van der Waals surface area contributed by atoms with Crippen molar-refractivity contribution in [1.82, 2.24) is 10.2 Å². The van der Waals surface area contributed by atoms with Crippen LogP contribution in [0.25, 0.3) is 10.8 Å². The molecule has 1 aliphatic heterocycles. The normalized spacial score (nSPS) is 20.3. The third kappa shape index (κ3) is 4.30. The second-order valence-electron chi connectivity index (χ2n) is 6.78. The molecule has 0 unspecified atom stereocenters. The zero-order chi connectivity index (χ0) is 17.8. The van der Waals surface area contributed by atoms with E-state index < -0.39 is 6.10 Å². The maximum atomic E-state index is 12.7. The molecule has 2 N–H and O–H groups in total. The van der Waals surface area contributed by atoms with Gasteiger partial charge < -0.3 is 20.1 Å². The summed E-state index contributed by atoms with van der Waals surface area (Å²) in [7, 11) is 0.